The largest absolute Gasteiger partial charge is 0.248 e. The van der Waals surface area contributed by atoms with E-state index in [1.54, 1.807) is 0 Å². The number of hydrogen-bond donors (Lipinski definition) is 0. The molecule has 2 bridgehead atoms. The van der Waals surface area contributed by atoms with Crippen molar-refractivity contribution < 1.29 is 0 Å². The van der Waals surface area contributed by atoms with Crippen LogP contribution >= 0.6 is 22.2 Å². The van der Waals surface area contributed by atoms with Crippen LogP contribution < -0.4 is 0 Å². The highest BCUT2D eigenvalue weighted by Gasteiger charge is 2.34. The molecule has 0 amide bonds. The van der Waals surface area contributed by atoms with E-state index in [0.29, 0.717) is 0 Å². The molecule has 0 heterocycles. The Kier molecular flexibility index (Phi) is 3.85. The highest BCUT2D eigenvalue weighted by molar-refractivity contribution is 7.44. The highest BCUT2D eigenvalue weighted by Crippen LogP contribution is 2.45. The molecule has 0 aromatic heterocycles. The van der Waals surface area contributed by atoms with Gasteiger partial charge in [0.05, 0.1) is 0 Å². The summed E-state index contributed by atoms with van der Waals surface area (Å²) in [5.41, 5.74) is 0. The maximum atomic E-state index is 6.08. The standard InChI is InChI=1S/C12H20Cl2Si/c1-15(13,14)7-3-2-4-11-8-10-5-6-12(11)9-10/h5-6,10-12H,2-4,7-9H2,1H3. The van der Waals surface area contributed by atoms with E-state index in [2.05, 4.69) is 12.2 Å². The molecule has 2 aliphatic carbocycles. The molecule has 1 saturated carbocycles. The minimum absolute atomic E-state index is 0.908. The maximum absolute atomic E-state index is 6.08. The number of allylic oxidation sites excluding steroid dienone is 2. The lowest BCUT2D eigenvalue weighted by Crippen LogP contribution is -2.12. The van der Waals surface area contributed by atoms with Crippen LogP contribution in [0.1, 0.15) is 32.1 Å². The van der Waals surface area contributed by atoms with Crippen LogP contribution in [0.5, 0.6) is 0 Å². The fourth-order valence-corrected chi connectivity index (χ4v) is 4.74. The predicted molar refractivity (Wildman–Crippen MR) is 70.8 cm³/mol. The molecular formula is C12H20Cl2Si. The summed E-state index contributed by atoms with van der Waals surface area (Å²) in [4.78, 5) is 0. The Bertz CT molecular complexity index is 244. The normalized spacial score (nSPS) is 33.9. The maximum Gasteiger partial charge on any atom is 0.248 e. The average molecular weight is 263 g/mol. The van der Waals surface area contributed by atoms with E-state index in [1.165, 1.54) is 32.1 Å². The second kappa shape index (κ2) is 4.81. The van der Waals surface area contributed by atoms with E-state index < -0.39 is 6.69 Å². The number of fused-ring (bicyclic) bond motifs is 2. The molecule has 2 aliphatic rings. The van der Waals surface area contributed by atoms with Gasteiger partial charge in [-0.15, -0.1) is 22.2 Å². The molecular weight excluding hydrogens is 243 g/mol. The van der Waals surface area contributed by atoms with Crippen molar-refractivity contribution in [3.63, 3.8) is 0 Å². The van der Waals surface area contributed by atoms with Crippen molar-refractivity contribution in [2.45, 2.75) is 44.7 Å². The van der Waals surface area contributed by atoms with Crippen LogP contribution in [0.15, 0.2) is 12.2 Å². The van der Waals surface area contributed by atoms with Crippen LogP contribution in [0.25, 0.3) is 0 Å². The Labute approximate surface area is 103 Å². The van der Waals surface area contributed by atoms with Crippen molar-refractivity contribution in [2.24, 2.45) is 17.8 Å². The number of unbranched alkanes of at least 4 members (excludes halogenated alkanes) is 1. The van der Waals surface area contributed by atoms with E-state index in [4.69, 9.17) is 22.2 Å². The van der Waals surface area contributed by atoms with Gasteiger partial charge < -0.3 is 0 Å². The monoisotopic (exact) mass is 262 g/mol. The molecule has 0 aromatic carbocycles. The van der Waals surface area contributed by atoms with E-state index in [0.717, 1.165) is 23.8 Å². The minimum atomic E-state index is -1.82. The zero-order chi connectivity index (χ0) is 10.9. The predicted octanol–water partition coefficient (Wildman–Crippen LogP) is 4.92. The fourth-order valence-electron chi connectivity index (χ4n) is 3.07. The van der Waals surface area contributed by atoms with E-state index in [-0.39, 0.29) is 0 Å². The van der Waals surface area contributed by atoms with Gasteiger partial charge in [-0.3, -0.25) is 0 Å². The van der Waals surface area contributed by atoms with E-state index in [1.807, 2.05) is 6.55 Å². The summed E-state index contributed by atoms with van der Waals surface area (Å²) in [7, 11) is 0. The first-order valence-corrected chi connectivity index (χ1v) is 10.8. The summed E-state index contributed by atoms with van der Waals surface area (Å²) < 4.78 is 0. The molecule has 0 radical (unpaired) electrons. The number of rotatable bonds is 5. The lowest BCUT2D eigenvalue weighted by molar-refractivity contribution is 0.402. The fraction of sp³-hybridized carbons (Fsp3) is 0.833. The summed E-state index contributed by atoms with van der Waals surface area (Å²) in [5.74, 6) is 2.80. The van der Waals surface area contributed by atoms with Crippen molar-refractivity contribution >= 4 is 28.9 Å². The molecule has 0 aromatic rings. The third kappa shape index (κ3) is 3.50. The van der Waals surface area contributed by atoms with Gasteiger partial charge in [-0.25, -0.2) is 0 Å². The summed E-state index contributed by atoms with van der Waals surface area (Å²) in [6.07, 6.45) is 11.7. The van der Waals surface area contributed by atoms with Gasteiger partial charge in [0.2, 0.25) is 6.69 Å². The van der Waals surface area contributed by atoms with Crippen molar-refractivity contribution in [3.8, 4) is 0 Å². The van der Waals surface area contributed by atoms with Gasteiger partial charge in [-0.05, 0) is 49.6 Å². The van der Waals surface area contributed by atoms with Gasteiger partial charge in [0.15, 0.2) is 0 Å². The number of hydrogen-bond acceptors (Lipinski definition) is 0. The Morgan fingerprint density at radius 3 is 2.53 bits per heavy atom. The van der Waals surface area contributed by atoms with Crippen molar-refractivity contribution in [3.05, 3.63) is 12.2 Å². The third-order valence-corrected chi connectivity index (χ3v) is 6.22. The molecule has 2 rings (SSSR count). The minimum Gasteiger partial charge on any atom is -0.146 e. The number of halogens is 2. The Hall–Kier alpha value is 0.537. The molecule has 15 heavy (non-hydrogen) atoms. The lowest BCUT2D eigenvalue weighted by Gasteiger charge is -2.18. The second-order valence-corrected chi connectivity index (χ2v) is 13.6. The van der Waals surface area contributed by atoms with Crippen LogP contribution in [0.4, 0.5) is 0 Å². The Morgan fingerprint density at radius 2 is 2.00 bits per heavy atom. The molecule has 3 unspecified atom stereocenters. The van der Waals surface area contributed by atoms with Gasteiger partial charge >= 0.3 is 0 Å². The van der Waals surface area contributed by atoms with Crippen LogP contribution in [0, 0.1) is 17.8 Å². The SMILES string of the molecule is C[Si](Cl)(Cl)CCCCC1CC2C=CC1C2. The Balaban J connectivity index is 1.61. The Morgan fingerprint density at radius 1 is 1.20 bits per heavy atom. The van der Waals surface area contributed by atoms with Gasteiger partial charge in [0.25, 0.3) is 0 Å². The molecule has 0 aliphatic heterocycles. The third-order valence-electron chi connectivity index (χ3n) is 3.86. The van der Waals surface area contributed by atoms with Crippen molar-refractivity contribution in [1.29, 1.82) is 0 Å². The van der Waals surface area contributed by atoms with Crippen LogP contribution in [0.2, 0.25) is 12.6 Å². The quantitative estimate of drug-likeness (QED) is 0.286. The molecule has 86 valence electrons. The lowest BCUT2D eigenvalue weighted by atomic mass is 9.89. The van der Waals surface area contributed by atoms with E-state index >= 15 is 0 Å². The molecule has 3 heteroatoms. The zero-order valence-corrected chi connectivity index (χ0v) is 11.9. The van der Waals surface area contributed by atoms with Gasteiger partial charge in [-0.2, -0.15) is 0 Å². The molecule has 0 N–H and O–H groups in total. The highest BCUT2D eigenvalue weighted by atomic mass is 35.7. The summed E-state index contributed by atoms with van der Waals surface area (Å²) >= 11 is 12.2. The first-order valence-electron chi connectivity index (χ1n) is 6.11. The van der Waals surface area contributed by atoms with Gasteiger partial charge in [0, 0.05) is 0 Å². The van der Waals surface area contributed by atoms with Crippen LogP contribution in [0.3, 0.4) is 0 Å². The molecule has 0 spiro atoms. The van der Waals surface area contributed by atoms with Crippen molar-refractivity contribution in [1.82, 2.24) is 0 Å². The molecule has 1 fully saturated rings. The summed E-state index contributed by atoms with van der Waals surface area (Å²) in [6.45, 7) is 0.204. The van der Waals surface area contributed by atoms with Crippen molar-refractivity contribution in [2.75, 3.05) is 0 Å². The molecule has 0 saturated heterocycles. The van der Waals surface area contributed by atoms with Gasteiger partial charge in [-0.1, -0.05) is 25.0 Å². The van der Waals surface area contributed by atoms with Gasteiger partial charge in [0.1, 0.15) is 0 Å². The first kappa shape index (κ1) is 12.0. The van der Waals surface area contributed by atoms with Crippen LogP contribution in [-0.2, 0) is 0 Å². The molecule has 3 atom stereocenters. The smallest absolute Gasteiger partial charge is 0.146 e. The van der Waals surface area contributed by atoms with Crippen LogP contribution in [-0.4, -0.2) is 6.69 Å². The first-order chi connectivity index (χ1) is 7.04. The summed E-state index contributed by atoms with van der Waals surface area (Å²) in [6, 6.07) is 1.06. The zero-order valence-electron chi connectivity index (χ0n) is 9.39. The second-order valence-electron chi connectivity index (χ2n) is 5.36. The van der Waals surface area contributed by atoms with E-state index in [9.17, 15) is 0 Å². The molecule has 0 nitrogen and oxygen atoms in total. The average Bonchev–Trinajstić information content (AvgIpc) is 2.71. The topological polar surface area (TPSA) is 0 Å². The summed E-state index contributed by atoms with van der Waals surface area (Å²) in [5, 5.41) is 0.